The molecule has 0 aliphatic carbocycles. The molecule has 2 N–H and O–H groups in total. The normalized spacial score (nSPS) is 21.8. The molecule has 1 amide bonds. The first-order valence-electron chi connectivity index (χ1n) is 9.07. The van der Waals surface area contributed by atoms with Crippen molar-refractivity contribution in [1.29, 1.82) is 0 Å². The van der Waals surface area contributed by atoms with Crippen molar-refractivity contribution in [2.45, 2.75) is 71.6 Å². The fourth-order valence-corrected chi connectivity index (χ4v) is 3.05. The van der Waals surface area contributed by atoms with E-state index in [1.165, 1.54) is 6.26 Å². The highest BCUT2D eigenvalue weighted by molar-refractivity contribution is 14.0. The average molecular weight is 509 g/mol. The molecular formula is C18H32IN5O4. The van der Waals surface area contributed by atoms with Gasteiger partial charge in [-0.25, -0.2) is 4.79 Å². The lowest BCUT2D eigenvalue weighted by molar-refractivity contribution is -0.0755. The molecule has 1 saturated heterocycles. The van der Waals surface area contributed by atoms with E-state index in [-0.39, 0.29) is 36.1 Å². The number of hydrogen-bond donors (Lipinski definition) is 2. The Morgan fingerprint density at radius 2 is 2.07 bits per heavy atom. The Morgan fingerprint density at radius 1 is 1.39 bits per heavy atom. The summed E-state index contributed by atoms with van der Waals surface area (Å²) in [6, 6.07) is 1.57. The van der Waals surface area contributed by atoms with Gasteiger partial charge >= 0.3 is 6.09 Å². The van der Waals surface area contributed by atoms with E-state index in [1.807, 2.05) is 41.5 Å². The average Bonchev–Trinajstić information content (AvgIpc) is 3.11. The maximum Gasteiger partial charge on any atom is 0.412 e. The predicted octanol–water partition coefficient (Wildman–Crippen LogP) is 2.72. The topological polar surface area (TPSA) is 101 Å². The number of aromatic nitrogens is 1. The van der Waals surface area contributed by atoms with E-state index < -0.39 is 17.4 Å². The van der Waals surface area contributed by atoms with Gasteiger partial charge in [-0.3, -0.25) is 9.89 Å². The second kappa shape index (κ2) is 9.77. The Labute approximate surface area is 183 Å². The maximum atomic E-state index is 12.8. The van der Waals surface area contributed by atoms with Crippen LogP contribution >= 0.6 is 24.0 Å². The third kappa shape index (κ3) is 6.50. The van der Waals surface area contributed by atoms with Crippen LogP contribution in [0.5, 0.6) is 0 Å². The molecule has 2 heterocycles. The molecule has 2 rings (SSSR count). The Bertz CT molecular complexity index is 657. The Balaban J connectivity index is 0.00000392. The summed E-state index contributed by atoms with van der Waals surface area (Å²) in [5, 5.41) is 10.2. The Hall–Kier alpha value is -1.56. The van der Waals surface area contributed by atoms with Gasteiger partial charge in [-0.2, -0.15) is 0 Å². The van der Waals surface area contributed by atoms with Crippen molar-refractivity contribution < 1.29 is 18.8 Å². The number of rotatable bonds is 4. The predicted molar refractivity (Wildman–Crippen MR) is 117 cm³/mol. The summed E-state index contributed by atoms with van der Waals surface area (Å²) in [5.41, 5.74) is -0.565. The number of carbonyl (C=O) groups is 1. The van der Waals surface area contributed by atoms with Gasteiger partial charge in [0.05, 0.1) is 18.7 Å². The van der Waals surface area contributed by atoms with Gasteiger partial charge in [-0.15, -0.1) is 24.0 Å². The highest BCUT2D eigenvalue weighted by Gasteiger charge is 2.49. The van der Waals surface area contributed by atoms with Crippen LogP contribution in [0.2, 0.25) is 0 Å². The maximum absolute atomic E-state index is 12.8. The number of ether oxygens (including phenoxy) is 2. The summed E-state index contributed by atoms with van der Waals surface area (Å²) in [4.78, 5) is 18.6. The van der Waals surface area contributed by atoms with Crippen molar-refractivity contribution in [3.8, 4) is 0 Å². The number of amides is 1. The van der Waals surface area contributed by atoms with E-state index in [4.69, 9.17) is 14.0 Å². The van der Waals surface area contributed by atoms with Crippen LogP contribution in [0, 0.1) is 0 Å². The number of nitrogens with one attached hydrogen (secondary N) is 2. The van der Waals surface area contributed by atoms with E-state index >= 15 is 0 Å². The Morgan fingerprint density at radius 3 is 2.61 bits per heavy atom. The van der Waals surface area contributed by atoms with E-state index in [1.54, 1.807) is 18.0 Å². The second-order valence-corrected chi connectivity index (χ2v) is 7.98. The first kappa shape index (κ1) is 24.5. The van der Waals surface area contributed by atoms with Crippen molar-refractivity contribution in [3.63, 3.8) is 0 Å². The summed E-state index contributed by atoms with van der Waals surface area (Å²) >= 11 is 0. The van der Waals surface area contributed by atoms with E-state index in [0.717, 1.165) is 5.69 Å². The molecule has 1 fully saturated rings. The first-order valence-corrected chi connectivity index (χ1v) is 9.07. The van der Waals surface area contributed by atoms with E-state index in [2.05, 4.69) is 20.8 Å². The lowest BCUT2D eigenvalue weighted by atomic mass is 10.1. The van der Waals surface area contributed by atoms with Crippen molar-refractivity contribution in [3.05, 3.63) is 18.0 Å². The third-order valence-corrected chi connectivity index (χ3v) is 4.15. The lowest BCUT2D eigenvalue weighted by Gasteiger charge is -2.35. The zero-order valence-corrected chi connectivity index (χ0v) is 19.9. The van der Waals surface area contributed by atoms with Crippen LogP contribution in [-0.4, -0.2) is 59.2 Å². The molecule has 0 saturated carbocycles. The molecule has 160 valence electrons. The van der Waals surface area contributed by atoms with Crippen molar-refractivity contribution in [1.82, 2.24) is 20.7 Å². The number of aliphatic imine (C=N–C) groups is 1. The molecule has 0 aromatic carbocycles. The van der Waals surface area contributed by atoms with Crippen molar-refractivity contribution >= 4 is 36.0 Å². The number of hydrogen-bond acceptors (Lipinski definition) is 6. The number of guanidine groups is 1. The summed E-state index contributed by atoms with van der Waals surface area (Å²) in [6.45, 7) is 12.2. The van der Waals surface area contributed by atoms with Crippen LogP contribution in [0.1, 0.15) is 47.2 Å². The highest BCUT2D eigenvalue weighted by Crippen LogP contribution is 2.33. The zero-order valence-electron chi connectivity index (χ0n) is 17.6. The van der Waals surface area contributed by atoms with Gasteiger partial charge in [-0.05, 0) is 41.5 Å². The number of nitrogens with zero attached hydrogens (tertiary/aromatic N) is 3. The van der Waals surface area contributed by atoms with E-state index in [0.29, 0.717) is 19.0 Å². The molecule has 0 bridgehead atoms. The van der Waals surface area contributed by atoms with Gasteiger partial charge in [-0.1, -0.05) is 5.16 Å². The minimum absolute atomic E-state index is 0. The molecule has 0 spiro atoms. The molecular weight excluding hydrogens is 477 g/mol. The fraction of sp³-hybridized carbons (Fsp3) is 0.722. The Kier molecular flexibility index (Phi) is 8.54. The van der Waals surface area contributed by atoms with E-state index in [9.17, 15) is 4.79 Å². The van der Waals surface area contributed by atoms with Crippen molar-refractivity contribution in [2.75, 3.05) is 13.6 Å². The third-order valence-electron chi connectivity index (χ3n) is 4.15. The quantitative estimate of drug-likeness (QED) is 0.366. The molecule has 2 unspecified atom stereocenters. The van der Waals surface area contributed by atoms with Crippen LogP contribution in [0.4, 0.5) is 4.79 Å². The summed E-state index contributed by atoms with van der Waals surface area (Å²) in [6.07, 6.45) is 0.966. The van der Waals surface area contributed by atoms with Gasteiger partial charge in [0.1, 0.15) is 23.3 Å². The first-order chi connectivity index (χ1) is 12.5. The van der Waals surface area contributed by atoms with Gasteiger partial charge in [0.25, 0.3) is 0 Å². The van der Waals surface area contributed by atoms with Gasteiger partial charge < -0.3 is 24.6 Å². The largest absolute Gasteiger partial charge is 0.444 e. The van der Waals surface area contributed by atoms with Crippen LogP contribution in [0.15, 0.2) is 21.8 Å². The standard InChI is InChI=1S/C18H31N5O4.HI/c1-12-14(11-21-15(19-7)20-10-13-8-9-25-22-13)23(18(5,6)26-12)16(24)27-17(2,3)4;/h8-9,12,14H,10-11H2,1-7H3,(H2,19,20,21);1H. The van der Waals surface area contributed by atoms with Crippen LogP contribution < -0.4 is 10.6 Å². The molecule has 0 radical (unpaired) electrons. The van der Waals surface area contributed by atoms with Gasteiger partial charge in [0.15, 0.2) is 5.96 Å². The highest BCUT2D eigenvalue weighted by atomic mass is 127. The molecule has 1 aliphatic heterocycles. The SMILES string of the molecule is CN=C(NCc1ccon1)NCC1C(C)OC(C)(C)N1C(=O)OC(C)(C)C.I. The summed E-state index contributed by atoms with van der Waals surface area (Å²) < 4.78 is 16.4. The van der Waals surface area contributed by atoms with Gasteiger partial charge in [0, 0.05) is 19.7 Å². The molecule has 1 aliphatic rings. The van der Waals surface area contributed by atoms with Gasteiger partial charge in [0.2, 0.25) is 0 Å². The number of carbonyl (C=O) groups excluding carboxylic acids is 1. The zero-order chi connectivity index (χ0) is 20.2. The minimum atomic E-state index is -0.758. The summed E-state index contributed by atoms with van der Waals surface area (Å²) in [5.74, 6) is 0.596. The fourth-order valence-electron chi connectivity index (χ4n) is 3.05. The second-order valence-electron chi connectivity index (χ2n) is 7.98. The smallest absolute Gasteiger partial charge is 0.412 e. The molecule has 2 atom stereocenters. The molecule has 10 heteroatoms. The molecule has 9 nitrogen and oxygen atoms in total. The minimum Gasteiger partial charge on any atom is -0.444 e. The molecule has 1 aromatic rings. The van der Waals surface area contributed by atoms with Crippen LogP contribution in [0.25, 0.3) is 0 Å². The molecule has 1 aromatic heterocycles. The molecule has 28 heavy (non-hydrogen) atoms. The van der Waals surface area contributed by atoms with Crippen molar-refractivity contribution in [2.24, 2.45) is 4.99 Å². The monoisotopic (exact) mass is 509 g/mol. The lowest BCUT2D eigenvalue weighted by Crippen LogP contribution is -2.54. The van der Waals surface area contributed by atoms with Crippen LogP contribution in [-0.2, 0) is 16.0 Å². The summed E-state index contributed by atoms with van der Waals surface area (Å²) in [7, 11) is 1.68. The number of halogens is 1. The van der Waals surface area contributed by atoms with Crippen LogP contribution in [0.3, 0.4) is 0 Å².